The highest BCUT2D eigenvalue weighted by Gasteiger charge is 2.43. The van der Waals surface area contributed by atoms with Gasteiger partial charge in [0, 0.05) is 60.3 Å². The average molecular weight is 642 g/mol. The maximum atomic E-state index is 12.2. The Morgan fingerprint density at radius 2 is 1.48 bits per heavy atom. The Hall–Kier alpha value is -4.22. The van der Waals surface area contributed by atoms with E-state index >= 15 is 0 Å². The largest absolute Gasteiger partial charge is 0.673 e. The minimum absolute atomic E-state index is 0.0787. The standard InChI is InChI=1S/C34H40N3O4.BF4/c1-33(2)24-14-8-10-16-26(24)35(5)28(33)18-13-19-29-34(3,4)25-15-9-11-17-27(25)36(29)23-12-6-7-20-32(40)41-37-30(38)21-22-31(37)39;2-1(3,4)5/h8-11,13-19H,6-7,12,20-23H2,1-5H3;/q+1;-1. The van der Waals surface area contributed by atoms with Crippen LogP contribution in [0.25, 0.3) is 0 Å². The smallest absolute Gasteiger partial charge is 0.418 e. The number of anilines is 1. The molecule has 0 aliphatic carbocycles. The Balaban J connectivity index is 0.000000892. The number of hydrogen-bond donors (Lipinski definition) is 0. The quantitative estimate of drug-likeness (QED) is 0.0939. The molecule has 0 radical (unpaired) electrons. The molecule has 2 aromatic carbocycles. The first-order chi connectivity index (χ1) is 21.5. The number of unbranched alkanes of at least 4 members (excludes halogenated alkanes) is 2. The van der Waals surface area contributed by atoms with Gasteiger partial charge < -0.3 is 27.0 Å². The Bertz CT molecular complexity index is 1570. The zero-order valence-electron chi connectivity index (χ0n) is 26.9. The molecule has 0 saturated carbocycles. The lowest BCUT2D eigenvalue weighted by Gasteiger charge is -2.27. The lowest BCUT2D eigenvalue weighted by molar-refractivity contribution is -0.401. The average Bonchev–Trinajstić information content (AvgIpc) is 3.48. The number of rotatable bonds is 9. The van der Waals surface area contributed by atoms with Gasteiger partial charge in [0.05, 0.1) is 5.41 Å². The number of benzene rings is 2. The molecule has 7 nitrogen and oxygen atoms in total. The molecule has 1 saturated heterocycles. The maximum absolute atomic E-state index is 12.2. The second-order valence-electron chi connectivity index (χ2n) is 12.6. The third kappa shape index (κ3) is 7.59. The van der Waals surface area contributed by atoms with E-state index in [2.05, 4.69) is 111 Å². The summed E-state index contributed by atoms with van der Waals surface area (Å²) < 4.78 is 41.3. The van der Waals surface area contributed by atoms with E-state index in [0.29, 0.717) is 11.5 Å². The number of imide groups is 1. The molecule has 0 N–H and O–H groups in total. The SMILES string of the molecule is C[N+]1=C(/C=C\C=C2/N(CCCCCC(=O)ON3C(=O)CCC3=O)c3ccccc3C2(C)C)C(C)(C)c2ccccc21.F[B-](F)(F)F. The highest BCUT2D eigenvalue weighted by Crippen LogP contribution is 2.47. The van der Waals surface area contributed by atoms with Gasteiger partial charge in [0.2, 0.25) is 5.69 Å². The van der Waals surface area contributed by atoms with E-state index in [1.807, 2.05) is 0 Å². The lowest BCUT2D eigenvalue weighted by Crippen LogP contribution is -2.32. The molecular weight excluding hydrogens is 601 g/mol. The van der Waals surface area contributed by atoms with Crippen molar-refractivity contribution in [1.29, 1.82) is 0 Å². The third-order valence-electron chi connectivity index (χ3n) is 8.71. The summed E-state index contributed by atoms with van der Waals surface area (Å²) in [6.45, 7) is 9.93. The van der Waals surface area contributed by atoms with Gasteiger partial charge >= 0.3 is 13.2 Å². The number of carbonyl (C=O) groups excluding carboxylic acids is 3. The van der Waals surface area contributed by atoms with Gasteiger partial charge in [0.15, 0.2) is 5.71 Å². The van der Waals surface area contributed by atoms with Crippen molar-refractivity contribution in [3.05, 3.63) is 83.6 Å². The summed E-state index contributed by atoms with van der Waals surface area (Å²) in [7, 11) is -3.86. The number of para-hydroxylation sites is 2. The highest BCUT2D eigenvalue weighted by molar-refractivity contribution is 6.50. The predicted octanol–water partition coefficient (Wildman–Crippen LogP) is 7.40. The van der Waals surface area contributed by atoms with Crippen molar-refractivity contribution in [3.63, 3.8) is 0 Å². The van der Waals surface area contributed by atoms with Gasteiger partial charge in [-0.2, -0.15) is 4.58 Å². The molecular formula is C34H40BF4N3O4. The third-order valence-corrected chi connectivity index (χ3v) is 8.71. The van der Waals surface area contributed by atoms with Crippen LogP contribution in [-0.2, 0) is 30.1 Å². The Kier molecular flexibility index (Phi) is 10.3. The number of nitrogens with zero attached hydrogens (tertiary/aromatic N) is 3. The van der Waals surface area contributed by atoms with Crippen LogP contribution < -0.4 is 4.90 Å². The van der Waals surface area contributed by atoms with Gasteiger partial charge in [-0.25, -0.2) is 4.79 Å². The van der Waals surface area contributed by atoms with Crippen molar-refractivity contribution in [2.45, 2.75) is 77.0 Å². The van der Waals surface area contributed by atoms with Crippen molar-refractivity contribution in [2.24, 2.45) is 0 Å². The highest BCUT2D eigenvalue weighted by atomic mass is 19.5. The molecule has 0 atom stereocenters. The molecule has 3 heterocycles. The molecule has 0 aromatic heterocycles. The van der Waals surface area contributed by atoms with E-state index in [4.69, 9.17) is 4.84 Å². The summed E-state index contributed by atoms with van der Waals surface area (Å²) >= 11 is 0. The molecule has 2 amide bonds. The van der Waals surface area contributed by atoms with Crippen LogP contribution in [0, 0.1) is 0 Å². The van der Waals surface area contributed by atoms with Crippen LogP contribution >= 0.6 is 0 Å². The molecule has 46 heavy (non-hydrogen) atoms. The van der Waals surface area contributed by atoms with Gasteiger partial charge in [0.1, 0.15) is 7.05 Å². The summed E-state index contributed by atoms with van der Waals surface area (Å²) in [5, 5.41) is 0.623. The second kappa shape index (κ2) is 13.6. The van der Waals surface area contributed by atoms with Crippen molar-refractivity contribution in [3.8, 4) is 0 Å². The number of allylic oxidation sites excluding steroid dienone is 4. The van der Waals surface area contributed by atoms with E-state index in [-0.39, 0.29) is 30.1 Å². The van der Waals surface area contributed by atoms with Crippen molar-refractivity contribution >= 4 is 42.1 Å². The maximum Gasteiger partial charge on any atom is 0.673 e. The number of hydrogen-bond acceptors (Lipinski definition) is 5. The van der Waals surface area contributed by atoms with Crippen LogP contribution in [0.1, 0.15) is 77.3 Å². The Morgan fingerprint density at radius 1 is 0.891 bits per heavy atom. The fourth-order valence-electron chi connectivity index (χ4n) is 6.44. The van der Waals surface area contributed by atoms with Gasteiger partial charge in [0.25, 0.3) is 11.8 Å². The summed E-state index contributed by atoms with van der Waals surface area (Å²) in [6, 6.07) is 17.2. The Labute approximate surface area is 267 Å². The second-order valence-corrected chi connectivity index (χ2v) is 12.6. The molecule has 3 aliphatic rings. The molecule has 12 heteroatoms. The zero-order valence-corrected chi connectivity index (χ0v) is 26.9. The first-order valence-electron chi connectivity index (χ1n) is 15.4. The first-order valence-corrected chi connectivity index (χ1v) is 15.4. The van der Waals surface area contributed by atoms with E-state index in [0.717, 1.165) is 19.4 Å². The molecule has 2 aromatic rings. The minimum atomic E-state index is -6.00. The monoisotopic (exact) mass is 641 g/mol. The van der Waals surface area contributed by atoms with Crippen LogP contribution in [0.4, 0.5) is 28.6 Å². The van der Waals surface area contributed by atoms with Crippen LogP contribution in [0.15, 0.2) is 72.5 Å². The van der Waals surface area contributed by atoms with Gasteiger partial charge in [-0.15, -0.1) is 5.06 Å². The van der Waals surface area contributed by atoms with Crippen LogP contribution in [-0.4, -0.2) is 54.0 Å². The minimum Gasteiger partial charge on any atom is -0.418 e. The summed E-state index contributed by atoms with van der Waals surface area (Å²) in [5.41, 5.74) is 7.41. The van der Waals surface area contributed by atoms with Crippen molar-refractivity contribution in [1.82, 2.24) is 5.06 Å². The number of amides is 2. The number of halogens is 4. The summed E-state index contributed by atoms with van der Waals surface area (Å²) in [4.78, 5) is 43.0. The molecule has 246 valence electrons. The van der Waals surface area contributed by atoms with Crippen LogP contribution in [0.2, 0.25) is 0 Å². The molecule has 1 fully saturated rings. The fraction of sp³-hybridized carbons (Fsp3) is 0.412. The van der Waals surface area contributed by atoms with Gasteiger partial charge in [-0.1, -0.05) is 62.7 Å². The van der Waals surface area contributed by atoms with Crippen LogP contribution in [0.3, 0.4) is 0 Å². The van der Waals surface area contributed by atoms with Crippen LogP contribution in [0.5, 0.6) is 0 Å². The van der Waals surface area contributed by atoms with Crippen molar-refractivity contribution < 1.29 is 41.1 Å². The van der Waals surface area contributed by atoms with Crippen molar-refractivity contribution in [2.75, 3.05) is 18.5 Å². The van der Waals surface area contributed by atoms with E-state index in [9.17, 15) is 31.6 Å². The van der Waals surface area contributed by atoms with E-state index in [1.165, 1.54) is 33.9 Å². The summed E-state index contributed by atoms with van der Waals surface area (Å²) in [6.07, 6.45) is 9.41. The fourth-order valence-corrected chi connectivity index (χ4v) is 6.44. The normalized spacial score (nSPS) is 19.1. The van der Waals surface area contributed by atoms with E-state index in [1.54, 1.807) is 0 Å². The number of fused-ring (bicyclic) bond motifs is 2. The number of hydroxylamine groups is 2. The van der Waals surface area contributed by atoms with E-state index < -0.39 is 25.0 Å². The predicted molar refractivity (Wildman–Crippen MR) is 170 cm³/mol. The topological polar surface area (TPSA) is 69.9 Å². The molecule has 3 aliphatic heterocycles. The molecule has 0 spiro atoms. The molecule has 5 rings (SSSR count). The zero-order chi connectivity index (χ0) is 33.9. The first kappa shape index (κ1) is 34.7. The lowest BCUT2D eigenvalue weighted by atomic mass is 9.81. The van der Waals surface area contributed by atoms with Gasteiger partial charge in [-0.05, 0) is 44.4 Å². The Morgan fingerprint density at radius 3 is 2.11 bits per heavy atom. The van der Waals surface area contributed by atoms with Gasteiger partial charge in [-0.3, -0.25) is 9.59 Å². The summed E-state index contributed by atoms with van der Waals surface area (Å²) in [5.74, 6) is -1.43. The molecule has 0 unspecified atom stereocenters. The molecule has 0 bridgehead atoms. The number of carbonyl (C=O) groups is 3.